The van der Waals surface area contributed by atoms with Crippen molar-refractivity contribution in [2.45, 2.75) is 0 Å². The van der Waals surface area contributed by atoms with Gasteiger partial charge in [-0.2, -0.15) is 8.42 Å². The van der Waals surface area contributed by atoms with Gasteiger partial charge in [0.1, 0.15) is 5.88 Å². The Hall–Kier alpha value is 0.467. The van der Waals surface area contributed by atoms with Gasteiger partial charge in [0.25, 0.3) is 10.1 Å². The third-order valence-electron chi connectivity index (χ3n) is 0.421. The Morgan fingerprint density at radius 2 is 1.89 bits per heavy atom. The maximum Gasteiger partial charge on any atom is 1.00 e. The first-order chi connectivity index (χ1) is 3.42. The SMILES string of the molecule is CN(C)CS(=O)(=O)O.[H-].[Li+]. The molecule has 0 bridgehead atoms. The standard InChI is InChI=1S/C3H9NO3S.Li.H/c1-4(2)3-8(5,6)7;;/h3H2,1-2H3,(H,5,6,7);;/q;+1;-1. The third-order valence-corrected chi connectivity index (χ3v) is 1.26. The molecule has 0 aromatic heterocycles. The molecule has 0 aromatic carbocycles. The van der Waals surface area contributed by atoms with Gasteiger partial charge in [0.2, 0.25) is 0 Å². The van der Waals surface area contributed by atoms with Crippen LogP contribution >= 0.6 is 0 Å². The molecule has 0 saturated heterocycles. The van der Waals surface area contributed by atoms with E-state index in [-0.39, 0.29) is 26.2 Å². The Labute approximate surface area is 68.6 Å². The fourth-order valence-corrected chi connectivity index (χ4v) is 0.979. The first-order valence-corrected chi connectivity index (χ1v) is 3.62. The Balaban J connectivity index is -0.000000245. The molecule has 9 heavy (non-hydrogen) atoms. The molecule has 0 heterocycles. The van der Waals surface area contributed by atoms with E-state index in [1.165, 1.54) is 4.90 Å². The molecule has 1 N–H and O–H groups in total. The largest absolute Gasteiger partial charge is 1.00 e. The van der Waals surface area contributed by atoms with Crippen LogP contribution in [0.4, 0.5) is 0 Å². The average Bonchev–Trinajstić information content (AvgIpc) is 1.21. The van der Waals surface area contributed by atoms with Crippen molar-refractivity contribution in [3.63, 3.8) is 0 Å². The Bertz CT molecular complexity index is 157. The molecule has 0 aliphatic carbocycles. The summed E-state index contributed by atoms with van der Waals surface area (Å²) in [6.07, 6.45) is 0. The smallest absolute Gasteiger partial charge is 1.00 e. The molecule has 6 heteroatoms. The Morgan fingerprint density at radius 1 is 1.56 bits per heavy atom. The van der Waals surface area contributed by atoms with E-state index in [0.29, 0.717) is 0 Å². The van der Waals surface area contributed by atoms with Gasteiger partial charge in [0, 0.05) is 0 Å². The molecule has 0 saturated carbocycles. The quantitative estimate of drug-likeness (QED) is 0.325. The van der Waals surface area contributed by atoms with E-state index in [9.17, 15) is 8.42 Å². The van der Waals surface area contributed by atoms with Gasteiger partial charge in [-0.25, -0.2) is 0 Å². The second-order valence-corrected chi connectivity index (χ2v) is 3.21. The maximum absolute atomic E-state index is 9.96. The predicted molar refractivity (Wildman–Crippen MR) is 31.2 cm³/mol. The molecule has 0 spiro atoms. The topological polar surface area (TPSA) is 57.6 Å². The van der Waals surface area contributed by atoms with Crippen LogP contribution in [0.2, 0.25) is 0 Å². The van der Waals surface area contributed by atoms with Gasteiger partial charge in [-0.1, -0.05) is 0 Å². The van der Waals surface area contributed by atoms with E-state index in [0.717, 1.165) is 0 Å². The molecule has 0 rings (SSSR count). The van der Waals surface area contributed by atoms with E-state index in [1.807, 2.05) is 0 Å². The molecule has 0 fully saturated rings. The van der Waals surface area contributed by atoms with E-state index < -0.39 is 10.1 Å². The van der Waals surface area contributed by atoms with Crippen molar-refractivity contribution in [2.75, 3.05) is 20.0 Å². The van der Waals surface area contributed by atoms with Crippen molar-refractivity contribution in [1.82, 2.24) is 4.90 Å². The van der Waals surface area contributed by atoms with E-state index >= 15 is 0 Å². The van der Waals surface area contributed by atoms with Crippen LogP contribution in [0.1, 0.15) is 1.43 Å². The van der Waals surface area contributed by atoms with Gasteiger partial charge in [0.15, 0.2) is 0 Å². The van der Waals surface area contributed by atoms with Crippen molar-refractivity contribution in [2.24, 2.45) is 0 Å². The van der Waals surface area contributed by atoms with Crippen LogP contribution in [-0.2, 0) is 10.1 Å². The molecule has 0 aromatic rings. The van der Waals surface area contributed by atoms with Gasteiger partial charge in [-0.3, -0.25) is 9.45 Å². The number of hydrogen-bond donors (Lipinski definition) is 1. The summed E-state index contributed by atoms with van der Waals surface area (Å²) in [5.74, 6) is -0.312. The fourth-order valence-electron chi connectivity index (χ4n) is 0.326. The van der Waals surface area contributed by atoms with E-state index in [2.05, 4.69) is 0 Å². The second kappa shape index (κ2) is 4.31. The summed E-state index contributed by atoms with van der Waals surface area (Å²) in [7, 11) is -0.671. The Morgan fingerprint density at radius 3 is 1.89 bits per heavy atom. The van der Waals surface area contributed by atoms with Crippen molar-refractivity contribution in [1.29, 1.82) is 0 Å². The van der Waals surface area contributed by atoms with Gasteiger partial charge in [0.05, 0.1) is 0 Å². The molecular weight excluding hydrogens is 137 g/mol. The fraction of sp³-hybridized carbons (Fsp3) is 1.00. The first kappa shape index (κ1) is 12.2. The van der Waals surface area contributed by atoms with Crippen molar-refractivity contribution in [3.8, 4) is 0 Å². The normalized spacial score (nSPS) is 11.1. The van der Waals surface area contributed by atoms with Gasteiger partial charge in [-0.15, -0.1) is 0 Å². The Kier molecular flexibility index (Phi) is 5.83. The molecular formula is C3H10LiNO3S. The summed E-state index contributed by atoms with van der Waals surface area (Å²) in [4.78, 5) is 1.37. The zero-order valence-electron chi connectivity index (χ0n) is 6.83. The maximum atomic E-state index is 9.96. The minimum Gasteiger partial charge on any atom is -1.00 e. The van der Waals surface area contributed by atoms with Crippen LogP contribution in [0.25, 0.3) is 0 Å². The third kappa shape index (κ3) is 11.8. The minimum atomic E-state index is -3.80. The average molecular weight is 147 g/mol. The summed E-state index contributed by atoms with van der Waals surface area (Å²) < 4.78 is 28.0. The van der Waals surface area contributed by atoms with Crippen molar-refractivity contribution >= 4 is 10.1 Å². The minimum absolute atomic E-state index is 0. The van der Waals surface area contributed by atoms with Crippen LogP contribution in [0.5, 0.6) is 0 Å². The van der Waals surface area contributed by atoms with Gasteiger partial charge < -0.3 is 1.43 Å². The predicted octanol–water partition coefficient (Wildman–Crippen LogP) is -3.49. The van der Waals surface area contributed by atoms with Crippen molar-refractivity contribution in [3.05, 3.63) is 0 Å². The first-order valence-electron chi connectivity index (χ1n) is 2.02. The number of hydrogen-bond acceptors (Lipinski definition) is 3. The molecule has 0 aliphatic heterocycles. The summed E-state index contributed by atoms with van der Waals surface area (Å²) in [5.41, 5.74) is 0. The van der Waals surface area contributed by atoms with Gasteiger partial charge >= 0.3 is 18.9 Å². The molecule has 0 amide bonds. The molecule has 4 nitrogen and oxygen atoms in total. The summed E-state index contributed by atoms with van der Waals surface area (Å²) in [6, 6.07) is 0. The van der Waals surface area contributed by atoms with Crippen LogP contribution in [0.3, 0.4) is 0 Å². The molecule has 0 radical (unpaired) electrons. The summed E-state index contributed by atoms with van der Waals surface area (Å²) in [6.45, 7) is 0. The van der Waals surface area contributed by atoms with E-state index in [4.69, 9.17) is 4.55 Å². The van der Waals surface area contributed by atoms with Crippen LogP contribution in [0.15, 0.2) is 0 Å². The number of nitrogens with zero attached hydrogens (tertiary/aromatic N) is 1. The molecule has 52 valence electrons. The zero-order valence-corrected chi connectivity index (χ0v) is 6.64. The second-order valence-electron chi connectivity index (χ2n) is 1.79. The van der Waals surface area contributed by atoms with Gasteiger partial charge in [-0.05, 0) is 14.1 Å². The van der Waals surface area contributed by atoms with Crippen LogP contribution in [-0.4, -0.2) is 37.8 Å². The molecule has 0 unspecified atom stereocenters. The summed E-state index contributed by atoms with van der Waals surface area (Å²) in [5, 5.41) is 0. The van der Waals surface area contributed by atoms with Crippen molar-refractivity contribution < 1.29 is 33.3 Å². The van der Waals surface area contributed by atoms with Crippen LogP contribution < -0.4 is 18.9 Å². The number of rotatable bonds is 2. The molecule has 0 atom stereocenters. The van der Waals surface area contributed by atoms with E-state index in [1.54, 1.807) is 14.1 Å². The monoisotopic (exact) mass is 147 g/mol. The summed E-state index contributed by atoms with van der Waals surface area (Å²) >= 11 is 0. The van der Waals surface area contributed by atoms with Crippen LogP contribution in [0, 0.1) is 0 Å². The zero-order chi connectivity index (χ0) is 6.78. The molecule has 0 aliphatic rings.